The summed E-state index contributed by atoms with van der Waals surface area (Å²) in [5, 5.41) is 0. The number of nitrogens with one attached hydrogen (secondary N) is 1. The average Bonchev–Trinajstić information content (AvgIpc) is 2.42. The Labute approximate surface area is 124 Å². The van der Waals surface area contributed by atoms with E-state index in [1.54, 1.807) is 6.92 Å². The van der Waals surface area contributed by atoms with Crippen LogP contribution in [0, 0.1) is 18.6 Å². The van der Waals surface area contributed by atoms with Crippen molar-refractivity contribution in [2.75, 3.05) is 4.72 Å². The van der Waals surface area contributed by atoms with Gasteiger partial charge in [-0.25, -0.2) is 26.0 Å². The third kappa shape index (κ3) is 3.22. The van der Waals surface area contributed by atoms with Crippen LogP contribution in [-0.2, 0) is 10.0 Å². The molecule has 3 nitrogen and oxygen atoms in total. The van der Waals surface area contributed by atoms with Crippen molar-refractivity contribution in [3.05, 3.63) is 59.2 Å². The Bertz CT molecular complexity index is 789. The highest BCUT2D eigenvalue weighted by Crippen LogP contribution is 2.30. The molecule has 1 N–H and O–H groups in total. The number of aryl methyl sites for hydroxylation is 1. The molecule has 0 atom stereocenters. The predicted molar refractivity (Wildman–Crippen MR) is 73.3 cm³/mol. The first kappa shape index (κ1) is 16.3. The zero-order chi connectivity index (χ0) is 16.5. The van der Waals surface area contributed by atoms with Gasteiger partial charge >= 0.3 is 0 Å². The van der Waals surface area contributed by atoms with Gasteiger partial charge in [0, 0.05) is 0 Å². The SMILES string of the molecule is Cc1ccc(S(=O)(=O)Nc2ccc(F)c(C(F)F)c2F)cc1. The molecule has 2 rings (SSSR count). The first-order valence-corrected chi connectivity index (χ1v) is 7.56. The van der Waals surface area contributed by atoms with E-state index < -0.39 is 39.3 Å². The summed E-state index contributed by atoms with van der Waals surface area (Å²) in [6.07, 6.45) is -3.40. The van der Waals surface area contributed by atoms with E-state index in [-0.39, 0.29) is 4.90 Å². The van der Waals surface area contributed by atoms with E-state index in [1.807, 2.05) is 4.72 Å². The van der Waals surface area contributed by atoms with Crippen molar-refractivity contribution in [2.45, 2.75) is 18.2 Å². The molecule has 0 aliphatic carbocycles. The van der Waals surface area contributed by atoms with Crippen LogP contribution in [0.5, 0.6) is 0 Å². The van der Waals surface area contributed by atoms with Crippen LogP contribution < -0.4 is 4.72 Å². The molecule has 0 aromatic heterocycles. The first-order chi connectivity index (χ1) is 10.2. The maximum Gasteiger partial charge on any atom is 0.269 e. The van der Waals surface area contributed by atoms with Crippen LogP contribution in [-0.4, -0.2) is 8.42 Å². The number of hydrogen-bond acceptors (Lipinski definition) is 2. The molecule has 2 aromatic carbocycles. The summed E-state index contributed by atoms with van der Waals surface area (Å²) in [4.78, 5) is -0.166. The Kier molecular flexibility index (Phi) is 4.41. The lowest BCUT2D eigenvalue weighted by molar-refractivity contribution is 0.141. The lowest BCUT2D eigenvalue weighted by Gasteiger charge is -2.12. The number of rotatable bonds is 4. The maximum absolute atomic E-state index is 13.8. The summed E-state index contributed by atoms with van der Waals surface area (Å²) >= 11 is 0. The monoisotopic (exact) mass is 333 g/mol. The van der Waals surface area contributed by atoms with Crippen LogP contribution in [0.2, 0.25) is 0 Å². The normalized spacial score (nSPS) is 11.7. The topological polar surface area (TPSA) is 46.2 Å². The Morgan fingerprint density at radius 1 is 1.00 bits per heavy atom. The highest BCUT2D eigenvalue weighted by molar-refractivity contribution is 7.92. The predicted octanol–water partition coefficient (Wildman–Crippen LogP) is 4.01. The van der Waals surface area contributed by atoms with E-state index in [0.29, 0.717) is 6.07 Å². The molecule has 0 saturated heterocycles. The van der Waals surface area contributed by atoms with Crippen LogP contribution in [0.3, 0.4) is 0 Å². The summed E-state index contributed by atoms with van der Waals surface area (Å²) in [7, 11) is -4.17. The van der Waals surface area contributed by atoms with Crippen LogP contribution in [0.1, 0.15) is 17.6 Å². The minimum absolute atomic E-state index is 0.166. The maximum atomic E-state index is 13.8. The smallest absolute Gasteiger partial charge is 0.269 e. The van der Waals surface area contributed by atoms with Crippen LogP contribution >= 0.6 is 0 Å². The van der Waals surface area contributed by atoms with Gasteiger partial charge in [-0.15, -0.1) is 0 Å². The van der Waals surface area contributed by atoms with Crippen molar-refractivity contribution in [3.63, 3.8) is 0 Å². The molecule has 0 saturated carbocycles. The number of benzene rings is 2. The summed E-state index contributed by atoms with van der Waals surface area (Å²) in [6, 6.07) is 6.96. The van der Waals surface area contributed by atoms with E-state index in [9.17, 15) is 26.0 Å². The Hall–Kier alpha value is -2.09. The van der Waals surface area contributed by atoms with Gasteiger partial charge in [-0.3, -0.25) is 4.72 Å². The van der Waals surface area contributed by atoms with Gasteiger partial charge in [0.05, 0.1) is 16.1 Å². The molecule has 0 aliphatic rings. The zero-order valence-corrected chi connectivity index (χ0v) is 12.1. The molecule has 8 heteroatoms. The molecule has 118 valence electrons. The molecule has 2 aromatic rings. The molecular weight excluding hydrogens is 322 g/mol. The van der Waals surface area contributed by atoms with Crippen molar-refractivity contribution in [2.24, 2.45) is 0 Å². The second-order valence-corrected chi connectivity index (χ2v) is 6.22. The Balaban J connectivity index is 2.42. The summed E-state index contributed by atoms with van der Waals surface area (Å²) in [6.45, 7) is 1.75. The van der Waals surface area contributed by atoms with Crippen molar-refractivity contribution in [1.82, 2.24) is 0 Å². The molecule has 0 aliphatic heterocycles. The fourth-order valence-electron chi connectivity index (χ4n) is 1.77. The van der Waals surface area contributed by atoms with E-state index in [4.69, 9.17) is 0 Å². The second kappa shape index (κ2) is 5.96. The quantitative estimate of drug-likeness (QED) is 0.859. The zero-order valence-electron chi connectivity index (χ0n) is 11.3. The molecule has 22 heavy (non-hydrogen) atoms. The number of sulfonamides is 1. The van der Waals surface area contributed by atoms with E-state index in [1.165, 1.54) is 24.3 Å². The lowest BCUT2D eigenvalue weighted by Crippen LogP contribution is -2.15. The van der Waals surface area contributed by atoms with Crippen LogP contribution in [0.4, 0.5) is 23.2 Å². The van der Waals surface area contributed by atoms with Crippen molar-refractivity contribution >= 4 is 15.7 Å². The average molecular weight is 333 g/mol. The summed E-state index contributed by atoms with van der Waals surface area (Å²) in [5.74, 6) is -3.07. The molecule has 0 amide bonds. The van der Waals surface area contributed by atoms with Gasteiger partial charge < -0.3 is 0 Å². The fourth-order valence-corrected chi connectivity index (χ4v) is 2.83. The highest BCUT2D eigenvalue weighted by atomic mass is 32.2. The largest absolute Gasteiger partial charge is 0.277 e. The minimum atomic E-state index is -4.17. The first-order valence-electron chi connectivity index (χ1n) is 6.08. The van der Waals surface area contributed by atoms with E-state index in [0.717, 1.165) is 11.6 Å². The Morgan fingerprint density at radius 2 is 1.59 bits per heavy atom. The fraction of sp³-hybridized carbons (Fsp3) is 0.143. The number of halogens is 4. The Morgan fingerprint density at radius 3 is 2.14 bits per heavy atom. The molecular formula is C14H11F4NO2S. The van der Waals surface area contributed by atoms with Crippen LogP contribution in [0.25, 0.3) is 0 Å². The molecule has 0 spiro atoms. The van der Waals surface area contributed by atoms with Gasteiger partial charge in [0.25, 0.3) is 16.4 Å². The molecule has 0 fully saturated rings. The molecule has 0 bridgehead atoms. The lowest BCUT2D eigenvalue weighted by atomic mass is 10.2. The van der Waals surface area contributed by atoms with Gasteiger partial charge in [-0.1, -0.05) is 17.7 Å². The number of anilines is 1. The third-order valence-electron chi connectivity index (χ3n) is 2.92. The van der Waals surface area contributed by atoms with Crippen molar-refractivity contribution in [1.29, 1.82) is 0 Å². The van der Waals surface area contributed by atoms with Gasteiger partial charge in [-0.2, -0.15) is 0 Å². The van der Waals surface area contributed by atoms with Crippen molar-refractivity contribution in [3.8, 4) is 0 Å². The minimum Gasteiger partial charge on any atom is -0.277 e. The van der Waals surface area contributed by atoms with Crippen LogP contribution in [0.15, 0.2) is 41.3 Å². The van der Waals surface area contributed by atoms with Gasteiger partial charge in [-0.05, 0) is 31.2 Å². The summed E-state index contributed by atoms with van der Waals surface area (Å²) in [5.41, 5.74) is -1.40. The second-order valence-electron chi connectivity index (χ2n) is 4.54. The highest BCUT2D eigenvalue weighted by Gasteiger charge is 2.24. The van der Waals surface area contributed by atoms with Gasteiger partial charge in [0.1, 0.15) is 5.82 Å². The number of hydrogen-bond donors (Lipinski definition) is 1. The summed E-state index contributed by atoms with van der Waals surface area (Å²) < 4.78 is 78.2. The van der Waals surface area contributed by atoms with Gasteiger partial charge in [0.2, 0.25) is 0 Å². The molecule has 0 heterocycles. The molecule has 0 unspecified atom stereocenters. The van der Waals surface area contributed by atoms with Gasteiger partial charge in [0.15, 0.2) is 5.82 Å². The van der Waals surface area contributed by atoms with Crippen molar-refractivity contribution < 1.29 is 26.0 Å². The standard InChI is InChI=1S/C14H11F4NO2S/c1-8-2-4-9(5-3-8)22(20,21)19-11-7-6-10(15)12(13(11)16)14(17)18/h2-7,14,19H,1H3. The number of alkyl halides is 2. The van der Waals surface area contributed by atoms with E-state index >= 15 is 0 Å². The molecule has 0 radical (unpaired) electrons. The third-order valence-corrected chi connectivity index (χ3v) is 4.30. The van der Waals surface area contributed by atoms with E-state index in [2.05, 4.69) is 0 Å².